The Balaban J connectivity index is 2.42. The minimum atomic E-state index is -0.863. The SMILES string of the molecule is CCN(CCC(=O)O)C(=O)N1CCN(CC(C)C)CC1. The molecular weight excluding hydrogens is 258 g/mol. The third kappa shape index (κ3) is 5.36. The Morgan fingerprint density at radius 2 is 1.80 bits per heavy atom. The first-order valence-electron chi connectivity index (χ1n) is 7.42. The fourth-order valence-corrected chi connectivity index (χ4v) is 2.46. The van der Waals surface area contributed by atoms with Crippen LogP contribution in [0.3, 0.4) is 0 Å². The van der Waals surface area contributed by atoms with Crippen LogP contribution in [-0.2, 0) is 4.79 Å². The molecule has 1 aliphatic rings. The van der Waals surface area contributed by atoms with Gasteiger partial charge in [-0.1, -0.05) is 13.8 Å². The van der Waals surface area contributed by atoms with Gasteiger partial charge in [0.15, 0.2) is 0 Å². The number of urea groups is 1. The van der Waals surface area contributed by atoms with Gasteiger partial charge in [0, 0.05) is 45.8 Å². The number of carboxylic acid groups (broad SMARTS) is 1. The summed E-state index contributed by atoms with van der Waals surface area (Å²) in [5.74, 6) is -0.224. The van der Waals surface area contributed by atoms with Crippen molar-refractivity contribution in [2.45, 2.75) is 27.2 Å². The monoisotopic (exact) mass is 285 g/mol. The molecule has 0 aromatic rings. The molecule has 6 nitrogen and oxygen atoms in total. The summed E-state index contributed by atoms with van der Waals surface area (Å²) >= 11 is 0. The summed E-state index contributed by atoms with van der Waals surface area (Å²) in [5, 5.41) is 8.71. The lowest BCUT2D eigenvalue weighted by Crippen LogP contribution is -2.53. The first-order valence-corrected chi connectivity index (χ1v) is 7.42. The number of aliphatic carboxylic acids is 1. The number of carbonyl (C=O) groups excluding carboxylic acids is 1. The summed E-state index contributed by atoms with van der Waals surface area (Å²) < 4.78 is 0. The third-order valence-corrected chi connectivity index (χ3v) is 3.51. The second-order valence-electron chi connectivity index (χ2n) is 5.69. The van der Waals surface area contributed by atoms with E-state index in [-0.39, 0.29) is 19.0 Å². The van der Waals surface area contributed by atoms with Gasteiger partial charge in [-0.05, 0) is 12.8 Å². The summed E-state index contributed by atoms with van der Waals surface area (Å²) in [4.78, 5) is 28.7. The third-order valence-electron chi connectivity index (χ3n) is 3.51. The molecule has 0 spiro atoms. The van der Waals surface area contributed by atoms with Crippen LogP contribution in [0.5, 0.6) is 0 Å². The highest BCUT2D eigenvalue weighted by Crippen LogP contribution is 2.08. The Bertz CT molecular complexity index is 326. The molecule has 0 aromatic carbocycles. The quantitative estimate of drug-likeness (QED) is 0.796. The van der Waals surface area contributed by atoms with E-state index in [0.29, 0.717) is 12.5 Å². The van der Waals surface area contributed by atoms with Gasteiger partial charge in [0.2, 0.25) is 0 Å². The average molecular weight is 285 g/mol. The smallest absolute Gasteiger partial charge is 0.320 e. The fourth-order valence-electron chi connectivity index (χ4n) is 2.46. The van der Waals surface area contributed by atoms with Crippen molar-refractivity contribution in [3.63, 3.8) is 0 Å². The first kappa shape index (κ1) is 16.8. The molecule has 0 aliphatic carbocycles. The number of nitrogens with zero attached hydrogens (tertiary/aromatic N) is 3. The van der Waals surface area contributed by atoms with Gasteiger partial charge in [0.1, 0.15) is 0 Å². The highest BCUT2D eigenvalue weighted by atomic mass is 16.4. The number of amides is 2. The van der Waals surface area contributed by atoms with Gasteiger partial charge < -0.3 is 14.9 Å². The zero-order chi connectivity index (χ0) is 15.1. The molecule has 0 radical (unpaired) electrons. The molecule has 0 atom stereocenters. The van der Waals surface area contributed by atoms with Gasteiger partial charge in [0.05, 0.1) is 6.42 Å². The van der Waals surface area contributed by atoms with Gasteiger partial charge in [-0.25, -0.2) is 4.79 Å². The lowest BCUT2D eigenvalue weighted by Gasteiger charge is -2.37. The van der Waals surface area contributed by atoms with Gasteiger partial charge in [-0.2, -0.15) is 0 Å². The fraction of sp³-hybridized carbons (Fsp3) is 0.857. The molecule has 6 heteroatoms. The van der Waals surface area contributed by atoms with Crippen molar-refractivity contribution >= 4 is 12.0 Å². The van der Waals surface area contributed by atoms with E-state index >= 15 is 0 Å². The zero-order valence-electron chi connectivity index (χ0n) is 12.8. The van der Waals surface area contributed by atoms with Crippen LogP contribution in [0.15, 0.2) is 0 Å². The number of carbonyl (C=O) groups is 2. The summed E-state index contributed by atoms with van der Waals surface area (Å²) in [5.41, 5.74) is 0. The normalized spacial score (nSPS) is 16.5. The standard InChI is InChI=1S/C14H27N3O3/c1-4-16(6-5-13(18)19)14(20)17-9-7-15(8-10-17)11-12(2)3/h12H,4-11H2,1-3H3,(H,18,19). The van der Waals surface area contributed by atoms with E-state index in [9.17, 15) is 9.59 Å². The maximum atomic E-state index is 12.3. The molecule has 0 aromatic heterocycles. The second kappa shape index (κ2) is 8.09. The summed E-state index contributed by atoms with van der Waals surface area (Å²) in [6.45, 7) is 11.5. The topological polar surface area (TPSA) is 64.1 Å². The number of hydrogen-bond acceptors (Lipinski definition) is 3. The van der Waals surface area contributed by atoms with Crippen molar-refractivity contribution in [1.82, 2.24) is 14.7 Å². The van der Waals surface area contributed by atoms with Gasteiger partial charge in [-0.15, -0.1) is 0 Å². The maximum Gasteiger partial charge on any atom is 0.320 e. The first-order chi connectivity index (χ1) is 9.43. The van der Waals surface area contributed by atoms with Crippen LogP contribution >= 0.6 is 0 Å². The van der Waals surface area contributed by atoms with E-state index in [2.05, 4.69) is 18.7 Å². The number of hydrogen-bond donors (Lipinski definition) is 1. The summed E-state index contributed by atoms with van der Waals surface area (Å²) in [6, 6.07) is -0.0297. The van der Waals surface area contributed by atoms with Crippen molar-refractivity contribution in [3.05, 3.63) is 0 Å². The zero-order valence-corrected chi connectivity index (χ0v) is 12.8. The molecule has 20 heavy (non-hydrogen) atoms. The second-order valence-corrected chi connectivity index (χ2v) is 5.69. The Morgan fingerprint density at radius 3 is 2.25 bits per heavy atom. The van der Waals surface area contributed by atoms with Gasteiger partial charge >= 0.3 is 12.0 Å². The highest BCUT2D eigenvalue weighted by Gasteiger charge is 2.24. The Morgan fingerprint density at radius 1 is 1.20 bits per heavy atom. The molecule has 1 saturated heterocycles. The molecular formula is C14H27N3O3. The minimum Gasteiger partial charge on any atom is -0.481 e. The molecule has 0 bridgehead atoms. The largest absolute Gasteiger partial charge is 0.481 e. The maximum absolute atomic E-state index is 12.3. The van der Waals surface area contributed by atoms with Crippen LogP contribution in [0.2, 0.25) is 0 Å². The van der Waals surface area contributed by atoms with Crippen LogP contribution in [-0.4, -0.2) is 77.6 Å². The molecule has 1 heterocycles. The van der Waals surface area contributed by atoms with E-state index in [4.69, 9.17) is 5.11 Å². The Hall–Kier alpha value is -1.30. The van der Waals surface area contributed by atoms with Gasteiger partial charge in [0.25, 0.3) is 0 Å². The number of carboxylic acids is 1. The molecule has 0 saturated carbocycles. The molecule has 1 N–H and O–H groups in total. The van der Waals surface area contributed by atoms with E-state index in [1.807, 2.05) is 11.8 Å². The van der Waals surface area contributed by atoms with Crippen LogP contribution in [0.1, 0.15) is 27.2 Å². The lowest BCUT2D eigenvalue weighted by molar-refractivity contribution is -0.137. The molecule has 1 fully saturated rings. The molecule has 0 unspecified atom stereocenters. The molecule has 2 amide bonds. The minimum absolute atomic E-state index is 0.00684. The van der Waals surface area contributed by atoms with Crippen LogP contribution in [0.25, 0.3) is 0 Å². The highest BCUT2D eigenvalue weighted by molar-refractivity contribution is 5.75. The van der Waals surface area contributed by atoms with E-state index in [1.54, 1.807) is 4.90 Å². The average Bonchev–Trinajstić information content (AvgIpc) is 2.39. The predicted octanol–water partition coefficient (Wildman–Crippen LogP) is 1.18. The predicted molar refractivity (Wildman–Crippen MR) is 77.7 cm³/mol. The lowest BCUT2D eigenvalue weighted by atomic mass is 10.2. The molecule has 1 aliphatic heterocycles. The number of rotatable bonds is 6. The van der Waals surface area contributed by atoms with Crippen LogP contribution < -0.4 is 0 Å². The van der Waals surface area contributed by atoms with Crippen molar-refractivity contribution in [2.75, 3.05) is 45.8 Å². The van der Waals surface area contributed by atoms with Crippen molar-refractivity contribution < 1.29 is 14.7 Å². The van der Waals surface area contributed by atoms with Crippen LogP contribution in [0, 0.1) is 5.92 Å². The van der Waals surface area contributed by atoms with Crippen molar-refractivity contribution in [2.24, 2.45) is 5.92 Å². The van der Waals surface area contributed by atoms with Crippen molar-refractivity contribution in [3.8, 4) is 0 Å². The van der Waals surface area contributed by atoms with Crippen LogP contribution in [0.4, 0.5) is 4.79 Å². The Kier molecular flexibility index (Phi) is 6.78. The van der Waals surface area contributed by atoms with Gasteiger partial charge in [-0.3, -0.25) is 9.69 Å². The van der Waals surface area contributed by atoms with E-state index in [0.717, 1.165) is 32.7 Å². The summed E-state index contributed by atoms with van der Waals surface area (Å²) in [7, 11) is 0. The van der Waals surface area contributed by atoms with E-state index < -0.39 is 5.97 Å². The molecule has 1 rings (SSSR count). The molecule has 116 valence electrons. The summed E-state index contributed by atoms with van der Waals surface area (Å²) in [6.07, 6.45) is 0.00684. The van der Waals surface area contributed by atoms with E-state index in [1.165, 1.54) is 0 Å². The van der Waals surface area contributed by atoms with Crippen molar-refractivity contribution in [1.29, 1.82) is 0 Å². The number of piperazine rings is 1. The Labute approximate surface area is 121 Å².